The molecule has 5 nitrogen and oxygen atoms in total. The van der Waals surface area contributed by atoms with Gasteiger partial charge in [0.1, 0.15) is 5.82 Å². The molecule has 0 unspecified atom stereocenters. The number of halogens is 1. The van der Waals surface area contributed by atoms with Crippen molar-refractivity contribution in [3.8, 4) is 0 Å². The van der Waals surface area contributed by atoms with Crippen LogP contribution in [0.2, 0.25) is 0 Å². The fourth-order valence-electron chi connectivity index (χ4n) is 1.96. The fourth-order valence-corrected chi connectivity index (χ4v) is 3.44. The molecule has 0 aliphatic carbocycles. The number of nitrogens with zero attached hydrogens (tertiary/aromatic N) is 1. The van der Waals surface area contributed by atoms with Crippen LogP contribution in [0, 0.1) is 5.82 Å². The minimum Gasteiger partial charge on any atom is -0.347 e. The van der Waals surface area contributed by atoms with Gasteiger partial charge in [-0.1, -0.05) is 13.8 Å². The molecule has 1 amide bonds. The van der Waals surface area contributed by atoms with Gasteiger partial charge in [0.05, 0.1) is 10.5 Å². The molecule has 1 rings (SSSR count). The summed E-state index contributed by atoms with van der Waals surface area (Å²) in [6, 6.07) is 3.27. The van der Waals surface area contributed by atoms with Gasteiger partial charge in [-0.2, -0.15) is 4.31 Å². The van der Waals surface area contributed by atoms with Gasteiger partial charge >= 0.3 is 0 Å². The summed E-state index contributed by atoms with van der Waals surface area (Å²) in [6.45, 7) is 9.34. The Bertz CT molecular complexity index is 647. The molecule has 0 aromatic heterocycles. The molecule has 1 aromatic rings. The Labute approximate surface area is 131 Å². The van der Waals surface area contributed by atoms with E-state index in [0.29, 0.717) is 13.1 Å². The minimum absolute atomic E-state index is 0.0864. The molecule has 0 radical (unpaired) electrons. The maximum absolute atomic E-state index is 13.9. The van der Waals surface area contributed by atoms with Crippen molar-refractivity contribution in [3.05, 3.63) is 29.6 Å². The molecule has 124 valence electrons. The first-order chi connectivity index (χ1) is 10.0. The van der Waals surface area contributed by atoms with Crippen molar-refractivity contribution in [2.45, 2.75) is 45.1 Å². The average Bonchev–Trinajstić information content (AvgIpc) is 2.37. The van der Waals surface area contributed by atoms with Crippen LogP contribution in [0.5, 0.6) is 0 Å². The molecule has 7 heteroatoms. The highest BCUT2D eigenvalue weighted by molar-refractivity contribution is 7.89. The number of carbonyl (C=O) groups excluding carboxylic acids is 1. The Hall–Kier alpha value is -1.47. The van der Waals surface area contributed by atoms with E-state index in [4.69, 9.17) is 0 Å². The van der Waals surface area contributed by atoms with Gasteiger partial charge < -0.3 is 5.32 Å². The highest BCUT2D eigenvalue weighted by Gasteiger charge is 2.25. The van der Waals surface area contributed by atoms with Crippen LogP contribution >= 0.6 is 0 Å². The molecule has 0 saturated heterocycles. The Morgan fingerprint density at radius 1 is 1.23 bits per heavy atom. The first kappa shape index (κ1) is 18.6. The fraction of sp³-hybridized carbons (Fsp3) is 0.533. The van der Waals surface area contributed by atoms with Gasteiger partial charge in [0.2, 0.25) is 10.0 Å². The van der Waals surface area contributed by atoms with Crippen molar-refractivity contribution in [3.63, 3.8) is 0 Å². The number of rotatable bonds is 5. The topological polar surface area (TPSA) is 66.5 Å². The number of benzene rings is 1. The van der Waals surface area contributed by atoms with Crippen molar-refractivity contribution >= 4 is 15.9 Å². The lowest BCUT2D eigenvalue weighted by Gasteiger charge is -2.22. The van der Waals surface area contributed by atoms with E-state index in [0.717, 1.165) is 12.1 Å². The monoisotopic (exact) mass is 330 g/mol. The highest BCUT2D eigenvalue weighted by Crippen LogP contribution is 2.19. The summed E-state index contributed by atoms with van der Waals surface area (Å²) in [4.78, 5) is 12.0. The number of amides is 1. The lowest BCUT2D eigenvalue weighted by molar-refractivity contribution is 0.0915. The standard InChI is InChI=1S/C15H23FN2O3S/c1-6-18(7-2)22(20,21)11-8-9-13(16)12(10-11)14(19)17-15(3,4)5/h8-10H,6-7H2,1-5H3,(H,17,19). The average molecular weight is 330 g/mol. The van der Waals surface area contributed by atoms with E-state index in [-0.39, 0.29) is 10.5 Å². The third kappa shape index (κ3) is 4.27. The van der Waals surface area contributed by atoms with Crippen molar-refractivity contribution in [1.29, 1.82) is 0 Å². The second-order valence-electron chi connectivity index (χ2n) is 5.94. The van der Waals surface area contributed by atoms with E-state index >= 15 is 0 Å². The molecule has 0 heterocycles. The molecule has 1 N–H and O–H groups in total. The maximum Gasteiger partial charge on any atom is 0.254 e. The molecule has 1 aromatic carbocycles. The van der Waals surface area contributed by atoms with Gasteiger partial charge in [-0.3, -0.25) is 4.79 Å². The van der Waals surface area contributed by atoms with Crippen LogP contribution in [0.15, 0.2) is 23.1 Å². The van der Waals surface area contributed by atoms with Crippen LogP contribution in [0.1, 0.15) is 45.0 Å². The second-order valence-corrected chi connectivity index (χ2v) is 7.87. The summed E-state index contributed by atoms with van der Waals surface area (Å²) in [5.41, 5.74) is -0.819. The van der Waals surface area contributed by atoms with Gasteiger partial charge in [-0.25, -0.2) is 12.8 Å². The predicted octanol–water partition coefficient (Wildman–Crippen LogP) is 2.38. The van der Waals surface area contributed by atoms with E-state index in [2.05, 4.69) is 5.32 Å². The van der Waals surface area contributed by atoms with Gasteiger partial charge in [0.15, 0.2) is 0 Å². The largest absolute Gasteiger partial charge is 0.347 e. The van der Waals surface area contributed by atoms with Crippen molar-refractivity contribution in [2.75, 3.05) is 13.1 Å². The summed E-state index contributed by atoms with van der Waals surface area (Å²) in [6.07, 6.45) is 0. The molecule has 0 bridgehead atoms. The maximum atomic E-state index is 13.9. The van der Waals surface area contributed by atoms with Crippen LogP contribution in [0.3, 0.4) is 0 Å². The highest BCUT2D eigenvalue weighted by atomic mass is 32.2. The van der Waals surface area contributed by atoms with Gasteiger partial charge in [-0.15, -0.1) is 0 Å². The Balaban J connectivity index is 3.28. The zero-order valence-electron chi connectivity index (χ0n) is 13.6. The number of carbonyl (C=O) groups is 1. The van der Waals surface area contributed by atoms with E-state index in [1.165, 1.54) is 10.4 Å². The van der Waals surface area contributed by atoms with Crippen molar-refractivity contribution in [1.82, 2.24) is 9.62 Å². The quantitative estimate of drug-likeness (QED) is 0.901. The van der Waals surface area contributed by atoms with Crippen LogP contribution < -0.4 is 5.32 Å². The summed E-state index contributed by atoms with van der Waals surface area (Å²) in [5, 5.41) is 2.62. The third-order valence-corrected chi connectivity index (χ3v) is 5.06. The zero-order valence-corrected chi connectivity index (χ0v) is 14.4. The zero-order chi connectivity index (χ0) is 17.1. The first-order valence-corrected chi connectivity index (χ1v) is 8.59. The predicted molar refractivity (Wildman–Crippen MR) is 83.7 cm³/mol. The van der Waals surface area contributed by atoms with Crippen LogP contribution in [-0.4, -0.2) is 37.3 Å². The Kier molecular flexibility index (Phi) is 5.70. The summed E-state index contributed by atoms with van der Waals surface area (Å²) < 4.78 is 40.0. The lowest BCUT2D eigenvalue weighted by Crippen LogP contribution is -2.41. The van der Waals surface area contributed by atoms with Crippen molar-refractivity contribution < 1.29 is 17.6 Å². The molecule has 0 spiro atoms. The molecular formula is C15H23FN2O3S. The number of hydrogen-bond donors (Lipinski definition) is 1. The first-order valence-electron chi connectivity index (χ1n) is 7.15. The number of sulfonamides is 1. The smallest absolute Gasteiger partial charge is 0.254 e. The lowest BCUT2D eigenvalue weighted by atomic mass is 10.1. The van der Waals surface area contributed by atoms with E-state index in [1.807, 2.05) is 0 Å². The van der Waals surface area contributed by atoms with E-state index in [9.17, 15) is 17.6 Å². The summed E-state index contributed by atoms with van der Waals surface area (Å²) in [7, 11) is -3.73. The minimum atomic E-state index is -3.73. The van der Waals surface area contributed by atoms with Crippen molar-refractivity contribution in [2.24, 2.45) is 0 Å². The second kappa shape index (κ2) is 6.75. The normalized spacial score (nSPS) is 12.5. The molecule has 0 atom stereocenters. The molecule has 0 fully saturated rings. The Morgan fingerprint density at radius 3 is 2.23 bits per heavy atom. The van der Waals surface area contributed by atoms with Crippen LogP contribution in [0.25, 0.3) is 0 Å². The number of hydrogen-bond acceptors (Lipinski definition) is 3. The number of nitrogens with one attached hydrogen (secondary N) is 1. The molecule has 0 aliphatic heterocycles. The SMILES string of the molecule is CCN(CC)S(=O)(=O)c1ccc(F)c(C(=O)NC(C)(C)C)c1. The molecular weight excluding hydrogens is 307 g/mol. The van der Waals surface area contributed by atoms with Gasteiger partial charge in [0, 0.05) is 18.6 Å². The van der Waals surface area contributed by atoms with Crippen LogP contribution in [-0.2, 0) is 10.0 Å². The molecule has 0 saturated carbocycles. The van der Waals surface area contributed by atoms with Gasteiger partial charge in [0.25, 0.3) is 5.91 Å². The van der Waals surface area contributed by atoms with Crippen LogP contribution in [0.4, 0.5) is 4.39 Å². The van der Waals surface area contributed by atoms with E-state index in [1.54, 1.807) is 34.6 Å². The third-order valence-electron chi connectivity index (χ3n) is 3.01. The summed E-state index contributed by atoms with van der Waals surface area (Å²) in [5.74, 6) is -1.39. The Morgan fingerprint density at radius 2 is 1.77 bits per heavy atom. The molecule has 22 heavy (non-hydrogen) atoms. The molecule has 0 aliphatic rings. The summed E-state index contributed by atoms with van der Waals surface area (Å²) >= 11 is 0. The van der Waals surface area contributed by atoms with E-state index < -0.39 is 27.3 Å². The van der Waals surface area contributed by atoms with Gasteiger partial charge in [-0.05, 0) is 39.0 Å².